The number of hydrogen-bond donors (Lipinski definition) is 1. The molecular formula is C12H9N3S2. The first-order valence-corrected chi connectivity index (χ1v) is 6.16. The van der Waals surface area contributed by atoms with Crippen molar-refractivity contribution < 1.29 is 0 Å². The van der Waals surface area contributed by atoms with E-state index in [1.165, 1.54) is 11.3 Å². The van der Waals surface area contributed by atoms with Gasteiger partial charge in [-0.2, -0.15) is 5.26 Å². The number of para-hydroxylation sites is 1. The molecule has 2 aromatic rings. The highest BCUT2D eigenvalue weighted by molar-refractivity contribution is 7.80. The van der Waals surface area contributed by atoms with Gasteiger partial charge in [0.15, 0.2) is 0 Å². The molecule has 1 aromatic heterocycles. The second-order valence-corrected chi connectivity index (χ2v) is 5.00. The van der Waals surface area contributed by atoms with E-state index >= 15 is 0 Å². The molecule has 1 heterocycles. The second kappa shape index (κ2) is 5.04. The molecule has 0 aliphatic carbocycles. The lowest BCUT2D eigenvalue weighted by atomic mass is 10.3. The molecule has 84 valence electrons. The number of benzene rings is 1. The van der Waals surface area contributed by atoms with Crippen LogP contribution in [0.25, 0.3) is 15.8 Å². The quantitative estimate of drug-likeness (QED) is 0.665. The number of allylic oxidation sites excluding steroid dienone is 1. The molecule has 0 bridgehead atoms. The summed E-state index contributed by atoms with van der Waals surface area (Å²) in [6.07, 6.45) is 1.60. The van der Waals surface area contributed by atoms with E-state index in [2.05, 4.69) is 16.4 Å². The molecule has 3 nitrogen and oxygen atoms in total. The average molecular weight is 259 g/mol. The van der Waals surface area contributed by atoms with Crippen LogP contribution < -0.4 is 5.32 Å². The van der Waals surface area contributed by atoms with Gasteiger partial charge in [0.25, 0.3) is 0 Å². The molecule has 0 spiro atoms. The predicted molar refractivity (Wildman–Crippen MR) is 74.6 cm³/mol. The number of fused-ring (bicyclic) bond motifs is 1. The highest BCUT2D eigenvalue weighted by Crippen LogP contribution is 2.26. The van der Waals surface area contributed by atoms with Crippen LogP contribution in [0.3, 0.4) is 0 Å². The van der Waals surface area contributed by atoms with Crippen LogP contribution in [0.15, 0.2) is 30.5 Å². The van der Waals surface area contributed by atoms with Gasteiger partial charge in [-0.25, -0.2) is 4.98 Å². The van der Waals surface area contributed by atoms with Gasteiger partial charge >= 0.3 is 0 Å². The maximum Gasteiger partial charge on any atom is 0.136 e. The molecule has 5 heteroatoms. The minimum Gasteiger partial charge on any atom is -0.355 e. The maximum absolute atomic E-state index is 9.08. The largest absolute Gasteiger partial charge is 0.355 e. The van der Waals surface area contributed by atoms with Crippen molar-refractivity contribution in [1.29, 1.82) is 5.26 Å². The van der Waals surface area contributed by atoms with Crippen molar-refractivity contribution in [3.8, 4) is 6.07 Å². The summed E-state index contributed by atoms with van der Waals surface area (Å²) in [7, 11) is 0. The van der Waals surface area contributed by atoms with Crippen LogP contribution in [0.2, 0.25) is 0 Å². The zero-order valence-electron chi connectivity index (χ0n) is 9.10. The third kappa shape index (κ3) is 2.67. The normalized spacial score (nSPS) is 11.2. The third-order valence-corrected chi connectivity index (χ3v) is 3.25. The first-order valence-electron chi connectivity index (χ1n) is 4.94. The van der Waals surface area contributed by atoms with Gasteiger partial charge in [-0.3, -0.25) is 0 Å². The molecule has 0 aliphatic heterocycles. The Morgan fingerprint density at radius 3 is 2.94 bits per heavy atom. The van der Waals surface area contributed by atoms with Crippen LogP contribution >= 0.6 is 23.6 Å². The second-order valence-electron chi connectivity index (χ2n) is 3.36. The standard InChI is InChI=1S/C12H9N3S2/c1-8(16)14-7-9(6-13)12-15-10-4-2-3-5-11(10)17-12/h2-5,7H,1H3,(H,14,16). The summed E-state index contributed by atoms with van der Waals surface area (Å²) >= 11 is 6.39. The van der Waals surface area contributed by atoms with Crippen LogP contribution in [0.5, 0.6) is 0 Å². The van der Waals surface area contributed by atoms with E-state index in [0.29, 0.717) is 15.6 Å². The van der Waals surface area contributed by atoms with Crippen molar-refractivity contribution in [3.05, 3.63) is 35.5 Å². The van der Waals surface area contributed by atoms with Crippen molar-refractivity contribution in [3.63, 3.8) is 0 Å². The van der Waals surface area contributed by atoms with Crippen LogP contribution in [0, 0.1) is 11.3 Å². The monoisotopic (exact) mass is 259 g/mol. The molecule has 1 aromatic carbocycles. The smallest absolute Gasteiger partial charge is 0.136 e. The number of thiazole rings is 1. The van der Waals surface area contributed by atoms with E-state index < -0.39 is 0 Å². The molecular weight excluding hydrogens is 250 g/mol. The summed E-state index contributed by atoms with van der Waals surface area (Å²) in [6, 6.07) is 9.93. The molecule has 17 heavy (non-hydrogen) atoms. The fraction of sp³-hybridized carbons (Fsp3) is 0.0833. The Morgan fingerprint density at radius 1 is 1.53 bits per heavy atom. The summed E-state index contributed by atoms with van der Waals surface area (Å²) in [5.74, 6) is 0. The molecule has 0 atom stereocenters. The Kier molecular flexibility index (Phi) is 3.47. The fourth-order valence-corrected chi connectivity index (χ4v) is 2.29. The number of aromatic nitrogens is 1. The number of rotatable bonds is 2. The SMILES string of the molecule is CC(=S)NC=C(C#N)c1nc2ccccc2s1. The van der Waals surface area contributed by atoms with E-state index in [-0.39, 0.29) is 0 Å². The van der Waals surface area contributed by atoms with Crippen molar-refractivity contribution >= 4 is 44.3 Å². The summed E-state index contributed by atoms with van der Waals surface area (Å²) in [4.78, 5) is 5.03. The molecule has 0 fully saturated rings. The zero-order chi connectivity index (χ0) is 12.3. The lowest BCUT2D eigenvalue weighted by Crippen LogP contribution is -2.10. The van der Waals surface area contributed by atoms with E-state index in [1.54, 1.807) is 13.1 Å². The van der Waals surface area contributed by atoms with Crippen LogP contribution in [0.1, 0.15) is 11.9 Å². The number of nitrogens with one attached hydrogen (secondary N) is 1. The molecule has 0 aliphatic rings. The molecule has 0 radical (unpaired) electrons. The number of nitrogens with zero attached hydrogens (tertiary/aromatic N) is 2. The van der Waals surface area contributed by atoms with Gasteiger partial charge in [0.1, 0.15) is 16.6 Å². The van der Waals surface area contributed by atoms with Crippen molar-refractivity contribution in [1.82, 2.24) is 10.3 Å². The van der Waals surface area contributed by atoms with Crippen molar-refractivity contribution in [2.24, 2.45) is 0 Å². The fourth-order valence-electron chi connectivity index (χ4n) is 1.30. The predicted octanol–water partition coefficient (Wildman–Crippen LogP) is 3.10. The lowest BCUT2D eigenvalue weighted by Gasteiger charge is -1.95. The first-order chi connectivity index (χ1) is 8.20. The van der Waals surface area contributed by atoms with Gasteiger partial charge < -0.3 is 5.32 Å². The molecule has 0 saturated heterocycles. The van der Waals surface area contributed by atoms with Gasteiger partial charge in [0.2, 0.25) is 0 Å². The lowest BCUT2D eigenvalue weighted by molar-refractivity contribution is 1.29. The van der Waals surface area contributed by atoms with Gasteiger partial charge in [0, 0.05) is 6.20 Å². The summed E-state index contributed by atoms with van der Waals surface area (Å²) in [5, 5.41) is 12.6. The van der Waals surface area contributed by atoms with Crippen molar-refractivity contribution in [2.75, 3.05) is 0 Å². The summed E-state index contributed by atoms with van der Waals surface area (Å²) < 4.78 is 1.07. The van der Waals surface area contributed by atoms with Gasteiger partial charge in [-0.1, -0.05) is 24.4 Å². The minimum atomic E-state index is 0.496. The Bertz CT molecular complexity index is 601. The highest BCUT2D eigenvalue weighted by Gasteiger charge is 2.07. The summed E-state index contributed by atoms with van der Waals surface area (Å²) in [5.41, 5.74) is 1.41. The van der Waals surface area contributed by atoms with E-state index in [9.17, 15) is 0 Å². The Morgan fingerprint density at radius 2 is 2.29 bits per heavy atom. The third-order valence-electron chi connectivity index (χ3n) is 2.06. The van der Waals surface area contributed by atoms with Crippen LogP contribution in [-0.4, -0.2) is 9.97 Å². The molecule has 2 rings (SSSR count). The van der Waals surface area contributed by atoms with Crippen LogP contribution in [-0.2, 0) is 0 Å². The van der Waals surface area contributed by atoms with E-state index in [0.717, 1.165) is 10.2 Å². The number of hydrogen-bond acceptors (Lipinski definition) is 4. The zero-order valence-corrected chi connectivity index (χ0v) is 10.7. The van der Waals surface area contributed by atoms with E-state index in [1.807, 2.05) is 24.3 Å². The average Bonchev–Trinajstić information content (AvgIpc) is 2.72. The van der Waals surface area contributed by atoms with Gasteiger partial charge in [0.05, 0.1) is 15.2 Å². The Labute approximate surface area is 108 Å². The van der Waals surface area contributed by atoms with Gasteiger partial charge in [-0.15, -0.1) is 11.3 Å². The maximum atomic E-state index is 9.08. The summed E-state index contributed by atoms with van der Waals surface area (Å²) in [6.45, 7) is 1.76. The molecule has 0 saturated carbocycles. The highest BCUT2D eigenvalue weighted by atomic mass is 32.1. The number of nitriles is 1. The van der Waals surface area contributed by atoms with Crippen LogP contribution in [0.4, 0.5) is 0 Å². The molecule has 0 amide bonds. The van der Waals surface area contributed by atoms with Crippen molar-refractivity contribution in [2.45, 2.75) is 6.92 Å². The molecule has 1 N–H and O–H groups in total. The number of thiocarbonyl (C=S) groups is 1. The first kappa shape index (κ1) is 11.7. The van der Waals surface area contributed by atoms with Gasteiger partial charge in [-0.05, 0) is 19.1 Å². The van der Waals surface area contributed by atoms with E-state index in [4.69, 9.17) is 17.5 Å². The Balaban J connectivity index is 2.41. The minimum absolute atomic E-state index is 0.496. The Hall–Kier alpha value is -1.77. The molecule has 0 unspecified atom stereocenters. The topological polar surface area (TPSA) is 48.7 Å².